The molecule has 2 aromatic rings. The Morgan fingerprint density at radius 3 is 2.65 bits per heavy atom. The van der Waals surface area contributed by atoms with Gasteiger partial charge < -0.3 is 19.9 Å². The first-order valence-electron chi connectivity index (χ1n) is 10.6. The summed E-state index contributed by atoms with van der Waals surface area (Å²) in [5, 5.41) is 12.8. The summed E-state index contributed by atoms with van der Waals surface area (Å²) in [6.45, 7) is 9.45. The number of methoxy groups -OCH3 is 1. The van der Waals surface area contributed by atoms with Crippen molar-refractivity contribution in [2.45, 2.75) is 64.8 Å². The molecule has 4 atom stereocenters. The van der Waals surface area contributed by atoms with Gasteiger partial charge in [0.05, 0.1) is 36.4 Å². The number of ether oxygens (including phenoxy) is 2. The molecule has 0 spiro atoms. The van der Waals surface area contributed by atoms with Crippen LogP contribution in [0.5, 0.6) is 5.75 Å². The lowest BCUT2D eigenvalue weighted by Crippen LogP contribution is -2.33. The molecule has 0 aliphatic carbocycles. The van der Waals surface area contributed by atoms with Gasteiger partial charge in [0.25, 0.3) is 5.91 Å². The zero-order valence-corrected chi connectivity index (χ0v) is 18.9. The van der Waals surface area contributed by atoms with Crippen LogP contribution in [0.4, 0.5) is 10.1 Å². The SMILES string of the molecule is CC[C@@H](O)c1ccc(NC(=O)[C@@H]2OC(C)(C)[C@@H](C)[C@H]2c2ccc(F)c(C)c2OC)cn1. The number of hydrogen-bond acceptors (Lipinski definition) is 5. The zero-order valence-electron chi connectivity index (χ0n) is 18.9. The lowest BCUT2D eigenvalue weighted by Gasteiger charge is -2.26. The third-order valence-electron chi connectivity index (χ3n) is 6.37. The first kappa shape index (κ1) is 23.2. The molecule has 1 aliphatic heterocycles. The van der Waals surface area contributed by atoms with Crippen LogP contribution in [0.2, 0.25) is 0 Å². The molecule has 168 valence electrons. The fourth-order valence-electron chi connectivity index (χ4n) is 4.17. The molecule has 2 heterocycles. The van der Waals surface area contributed by atoms with Crippen LogP contribution in [0, 0.1) is 18.7 Å². The average Bonchev–Trinajstić information content (AvgIpc) is 2.99. The summed E-state index contributed by atoms with van der Waals surface area (Å²) in [4.78, 5) is 17.5. The van der Waals surface area contributed by atoms with E-state index >= 15 is 0 Å². The molecule has 0 bridgehead atoms. The van der Waals surface area contributed by atoms with Gasteiger partial charge in [-0.2, -0.15) is 0 Å². The summed E-state index contributed by atoms with van der Waals surface area (Å²) in [5.41, 5.74) is 1.66. The molecule has 0 radical (unpaired) electrons. The number of aromatic nitrogens is 1. The third-order valence-corrected chi connectivity index (χ3v) is 6.37. The highest BCUT2D eigenvalue weighted by Crippen LogP contribution is 2.49. The van der Waals surface area contributed by atoms with Crippen LogP contribution in [0.15, 0.2) is 30.5 Å². The van der Waals surface area contributed by atoms with Crippen molar-refractivity contribution in [3.05, 3.63) is 53.1 Å². The Morgan fingerprint density at radius 2 is 2.06 bits per heavy atom. The third kappa shape index (κ3) is 4.43. The number of pyridine rings is 1. The molecule has 2 N–H and O–H groups in total. The van der Waals surface area contributed by atoms with Gasteiger partial charge in [-0.05, 0) is 51.3 Å². The minimum Gasteiger partial charge on any atom is -0.496 e. The van der Waals surface area contributed by atoms with E-state index in [9.17, 15) is 14.3 Å². The summed E-state index contributed by atoms with van der Waals surface area (Å²) in [6, 6.07) is 6.48. The van der Waals surface area contributed by atoms with E-state index < -0.39 is 17.8 Å². The van der Waals surface area contributed by atoms with E-state index in [2.05, 4.69) is 10.3 Å². The summed E-state index contributed by atoms with van der Waals surface area (Å²) < 4.78 is 25.8. The average molecular weight is 431 g/mol. The molecule has 31 heavy (non-hydrogen) atoms. The van der Waals surface area contributed by atoms with Crippen LogP contribution < -0.4 is 10.1 Å². The highest BCUT2D eigenvalue weighted by Gasteiger charge is 2.51. The van der Waals surface area contributed by atoms with Crippen molar-refractivity contribution < 1.29 is 23.8 Å². The van der Waals surface area contributed by atoms with Crippen LogP contribution in [-0.2, 0) is 9.53 Å². The number of nitrogens with one attached hydrogen (secondary N) is 1. The molecule has 0 saturated carbocycles. The van der Waals surface area contributed by atoms with Gasteiger partial charge in [-0.25, -0.2) is 4.39 Å². The second-order valence-electron chi connectivity index (χ2n) is 8.64. The van der Waals surface area contributed by atoms with Crippen molar-refractivity contribution >= 4 is 11.6 Å². The van der Waals surface area contributed by atoms with Crippen molar-refractivity contribution in [3.8, 4) is 5.75 Å². The van der Waals surface area contributed by atoms with Gasteiger partial charge in [-0.1, -0.05) is 19.9 Å². The number of benzene rings is 1. The standard InChI is InChI=1S/C24H31FN2O4/c1-7-19(28)18-11-8-15(12-26-18)27-23(29)22-20(14(3)24(4,5)31-22)16-9-10-17(25)13(2)21(16)30-6/h8-12,14,19-20,22,28H,7H2,1-6H3,(H,27,29)/t14-,19+,20-,22+/m0/s1. The number of carbonyl (C=O) groups excluding carboxylic acids is 1. The minimum atomic E-state index is -0.787. The summed E-state index contributed by atoms with van der Waals surface area (Å²) in [7, 11) is 1.50. The molecule has 1 saturated heterocycles. The largest absolute Gasteiger partial charge is 0.496 e. The monoisotopic (exact) mass is 430 g/mol. The number of aliphatic hydroxyl groups is 1. The van der Waals surface area contributed by atoms with Crippen LogP contribution >= 0.6 is 0 Å². The Kier molecular flexibility index (Phi) is 6.67. The molecule has 7 heteroatoms. The fraction of sp³-hybridized carbons (Fsp3) is 0.500. The van der Waals surface area contributed by atoms with E-state index in [-0.39, 0.29) is 23.6 Å². The van der Waals surface area contributed by atoms with Crippen LogP contribution in [0.1, 0.15) is 63.0 Å². The van der Waals surface area contributed by atoms with E-state index in [1.807, 2.05) is 27.7 Å². The van der Waals surface area contributed by atoms with Crippen molar-refractivity contribution in [1.29, 1.82) is 0 Å². The number of rotatable bonds is 6. The van der Waals surface area contributed by atoms with Crippen LogP contribution in [-0.4, -0.2) is 34.8 Å². The second-order valence-corrected chi connectivity index (χ2v) is 8.64. The lowest BCUT2D eigenvalue weighted by atomic mass is 9.77. The Hall–Kier alpha value is -2.51. The Balaban J connectivity index is 1.91. The lowest BCUT2D eigenvalue weighted by molar-refractivity contribution is -0.131. The van der Waals surface area contributed by atoms with Crippen molar-refractivity contribution in [3.63, 3.8) is 0 Å². The minimum absolute atomic E-state index is 0.0257. The van der Waals surface area contributed by atoms with Crippen LogP contribution in [0.25, 0.3) is 0 Å². The van der Waals surface area contributed by atoms with Gasteiger partial charge in [0.15, 0.2) is 0 Å². The maximum absolute atomic E-state index is 14.1. The van der Waals surface area contributed by atoms with Crippen molar-refractivity contribution in [2.75, 3.05) is 12.4 Å². The smallest absolute Gasteiger partial charge is 0.254 e. The molecule has 1 aromatic carbocycles. The first-order chi connectivity index (χ1) is 14.6. The number of anilines is 1. The van der Waals surface area contributed by atoms with Crippen molar-refractivity contribution in [2.24, 2.45) is 5.92 Å². The molecule has 1 aromatic heterocycles. The highest BCUT2D eigenvalue weighted by atomic mass is 19.1. The second kappa shape index (κ2) is 8.93. The van der Waals surface area contributed by atoms with Crippen LogP contribution in [0.3, 0.4) is 0 Å². The molecule has 1 fully saturated rings. The predicted molar refractivity (Wildman–Crippen MR) is 117 cm³/mol. The molecule has 3 rings (SSSR count). The number of amides is 1. The summed E-state index contributed by atoms with van der Waals surface area (Å²) in [5.74, 6) is -0.568. The molecular weight excluding hydrogens is 399 g/mol. The van der Waals surface area contributed by atoms with E-state index in [4.69, 9.17) is 9.47 Å². The van der Waals surface area contributed by atoms with E-state index in [0.29, 0.717) is 29.1 Å². The van der Waals surface area contributed by atoms with Gasteiger partial charge >= 0.3 is 0 Å². The Bertz CT molecular complexity index is 945. The van der Waals surface area contributed by atoms with Gasteiger partial charge in [-0.15, -0.1) is 0 Å². The normalized spacial score (nSPS) is 23.4. The molecule has 1 amide bonds. The van der Waals surface area contributed by atoms with E-state index in [1.54, 1.807) is 25.1 Å². The Labute approximate surface area is 182 Å². The van der Waals surface area contributed by atoms with Gasteiger partial charge in [0, 0.05) is 17.0 Å². The molecule has 0 unspecified atom stereocenters. The van der Waals surface area contributed by atoms with Gasteiger partial charge in [0.1, 0.15) is 17.7 Å². The topological polar surface area (TPSA) is 80.7 Å². The number of halogens is 1. The molecule has 6 nitrogen and oxygen atoms in total. The summed E-state index contributed by atoms with van der Waals surface area (Å²) >= 11 is 0. The van der Waals surface area contributed by atoms with Crippen molar-refractivity contribution in [1.82, 2.24) is 4.98 Å². The number of nitrogens with zero attached hydrogens (tertiary/aromatic N) is 1. The maximum Gasteiger partial charge on any atom is 0.254 e. The van der Waals surface area contributed by atoms with Gasteiger partial charge in [-0.3, -0.25) is 9.78 Å². The molecule has 1 aliphatic rings. The molecular formula is C24H31FN2O4. The fourth-order valence-corrected chi connectivity index (χ4v) is 4.17. The van der Waals surface area contributed by atoms with Gasteiger partial charge in [0.2, 0.25) is 0 Å². The van der Waals surface area contributed by atoms with E-state index in [1.165, 1.54) is 19.4 Å². The highest BCUT2D eigenvalue weighted by molar-refractivity contribution is 5.95. The number of hydrogen-bond donors (Lipinski definition) is 2. The predicted octanol–water partition coefficient (Wildman–Crippen LogP) is 4.52. The number of carbonyl (C=O) groups is 1. The maximum atomic E-state index is 14.1. The number of aliphatic hydroxyl groups excluding tert-OH is 1. The summed E-state index contributed by atoms with van der Waals surface area (Å²) in [6.07, 6.45) is 0.655. The first-order valence-corrected chi connectivity index (χ1v) is 10.6. The quantitative estimate of drug-likeness (QED) is 0.704. The van der Waals surface area contributed by atoms with E-state index in [0.717, 1.165) is 5.56 Å². The zero-order chi connectivity index (χ0) is 22.9. The Morgan fingerprint density at radius 1 is 1.35 bits per heavy atom.